The van der Waals surface area contributed by atoms with Crippen molar-refractivity contribution in [3.8, 4) is 0 Å². The lowest BCUT2D eigenvalue weighted by atomic mass is 9.86. The molecule has 0 radical (unpaired) electrons. The molecule has 6 rings (SSSR count). The number of aliphatic hydroxyl groups is 1. The van der Waals surface area contributed by atoms with E-state index in [4.69, 9.17) is 10.8 Å². The number of hydrogen-bond acceptors (Lipinski definition) is 6. The molecule has 12 nitrogen and oxygen atoms in total. The van der Waals surface area contributed by atoms with E-state index in [-0.39, 0.29) is 36.8 Å². The van der Waals surface area contributed by atoms with Gasteiger partial charge in [0.15, 0.2) is 17.6 Å². The first kappa shape index (κ1) is 25.1. The Morgan fingerprint density at radius 1 is 1.18 bits per heavy atom. The van der Waals surface area contributed by atoms with Crippen molar-refractivity contribution in [3.05, 3.63) is 65.0 Å². The number of pyridine rings is 1. The topological polar surface area (TPSA) is 170 Å². The Morgan fingerprint density at radius 2 is 2.00 bits per heavy atom. The number of aryl methyl sites for hydroxylation is 1. The fraction of sp³-hybridized carbons (Fsp3) is 0.444. The van der Waals surface area contributed by atoms with Gasteiger partial charge in [0.2, 0.25) is 0 Å². The number of nitrogens with one attached hydrogen (secondary N) is 6. The number of nitrogens with zero attached hydrogens (tertiary/aromatic N) is 3. The van der Waals surface area contributed by atoms with E-state index in [9.17, 15) is 14.7 Å². The minimum absolute atomic E-state index is 0.00774. The first-order valence-corrected chi connectivity index (χ1v) is 13.3. The zero-order chi connectivity index (χ0) is 27.3. The first-order valence-electron chi connectivity index (χ1n) is 13.3. The number of fused-ring (bicyclic) bond motifs is 1. The molecule has 7 N–H and O–H groups in total. The smallest absolute Gasteiger partial charge is 0.272 e. The number of amides is 2. The highest BCUT2D eigenvalue weighted by molar-refractivity contribution is 5.97. The molecule has 3 saturated heterocycles. The molecule has 2 unspecified atom stereocenters. The maximum absolute atomic E-state index is 13.4. The minimum Gasteiger partial charge on any atom is -0.386 e. The lowest BCUT2D eigenvalue weighted by Crippen LogP contribution is -2.78. The van der Waals surface area contributed by atoms with E-state index >= 15 is 0 Å². The molecule has 12 heteroatoms. The molecular formula is C27H33N9O3. The van der Waals surface area contributed by atoms with Crippen molar-refractivity contribution in [2.45, 2.75) is 55.6 Å². The molecule has 5 atom stereocenters. The van der Waals surface area contributed by atoms with Gasteiger partial charge in [-0.1, -0.05) is 18.2 Å². The number of carbonyl (C=O) groups is 2. The van der Waals surface area contributed by atoms with Crippen LogP contribution in [0.15, 0.2) is 42.6 Å². The Kier molecular flexibility index (Phi) is 6.13. The number of rotatable bonds is 5. The summed E-state index contributed by atoms with van der Waals surface area (Å²) in [4.78, 5) is 33.7. The molecule has 39 heavy (non-hydrogen) atoms. The zero-order valence-corrected chi connectivity index (χ0v) is 21.7. The zero-order valence-electron chi connectivity index (χ0n) is 21.7. The van der Waals surface area contributed by atoms with E-state index in [1.165, 1.54) is 10.5 Å². The average Bonchev–Trinajstić information content (AvgIpc) is 3.44. The minimum atomic E-state index is -1.24. The van der Waals surface area contributed by atoms with Crippen molar-refractivity contribution in [3.63, 3.8) is 0 Å². The third-order valence-electron chi connectivity index (χ3n) is 8.41. The van der Waals surface area contributed by atoms with Gasteiger partial charge in [-0.3, -0.25) is 25.4 Å². The van der Waals surface area contributed by atoms with E-state index in [0.717, 1.165) is 31.2 Å². The van der Waals surface area contributed by atoms with Crippen molar-refractivity contribution in [1.82, 2.24) is 36.1 Å². The van der Waals surface area contributed by atoms with Gasteiger partial charge in [-0.25, -0.2) is 0 Å². The monoisotopic (exact) mass is 531 g/mol. The standard InChI is InChI=1S/C27H33N9O3/c1-35(24(39)18-11-4-5-12-30-18)13-19-21-27(34-25(28)33-21)22(37)20(14-36(27)26(29)32-19)31-23(38)17-10-6-8-15-7-2-3-9-16(15)17/h4-6,8,10-12,19-22,37H,2-3,7,9,13-14H2,1H3,(H2,29,32)(H,31,38)(H3,28,33,34)/t19-,20?,21-,22+,27?/m0/s1. The molecule has 1 aromatic carbocycles. The number of aliphatic hydroxyl groups excluding tert-OH is 1. The molecule has 1 spiro atoms. The van der Waals surface area contributed by atoms with Crippen molar-refractivity contribution in [2.75, 3.05) is 20.1 Å². The summed E-state index contributed by atoms with van der Waals surface area (Å²) >= 11 is 0. The maximum atomic E-state index is 13.4. The third-order valence-corrected chi connectivity index (χ3v) is 8.41. The Labute approximate surface area is 226 Å². The molecule has 4 aliphatic rings. The Bertz CT molecular complexity index is 1340. The van der Waals surface area contributed by atoms with Gasteiger partial charge in [-0.15, -0.1) is 0 Å². The van der Waals surface area contributed by atoms with Crippen LogP contribution in [0.3, 0.4) is 0 Å². The summed E-state index contributed by atoms with van der Waals surface area (Å²) in [7, 11) is 1.66. The first-order chi connectivity index (χ1) is 18.8. The van der Waals surface area contributed by atoms with Crippen molar-refractivity contribution < 1.29 is 14.7 Å². The molecule has 0 saturated carbocycles. The number of hydrogen-bond donors (Lipinski definition) is 7. The van der Waals surface area contributed by atoms with E-state index in [0.29, 0.717) is 11.3 Å². The molecule has 1 aromatic heterocycles. The molecule has 2 aromatic rings. The molecule has 1 aliphatic carbocycles. The van der Waals surface area contributed by atoms with Crippen molar-refractivity contribution >= 4 is 23.7 Å². The third kappa shape index (κ3) is 4.06. The van der Waals surface area contributed by atoms with Crippen LogP contribution in [0.2, 0.25) is 0 Å². The van der Waals surface area contributed by atoms with Crippen LogP contribution in [-0.2, 0) is 12.8 Å². The van der Waals surface area contributed by atoms with Gasteiger partial charge in [0.1, 0.15) is 11.8 Å². The number of guanidine groups is 2. The average molecular weight is 532 g/mol. The fourth-order valence-corrected chi connectivity index (χ4v) is 6.59. The van der Waals surface area contributed by atoms with Gasteiger partial charge in [0, 0.05) is 31.9 Å². The largest absolute Gasteiger partial charge is 0.386 e. The fourth-order valence-electron chi connectivity index (χ4n) is 6.59. The second-order valence-electron chi connectivity index (χ2n) is 10.7. The molecular weight excluding hydrogens is 498 g/mol. The maximum Gasteiger partial charge on any atom is 0.272 e. The summed E-state index contributed by atoms with van der Waals surface area (Å²) < 4.78 is 0. The highest BCUT2D eigenvalue weighted by atomic mass is 16.3. The van der Waals surface area contributed by atoms with Gasteiger partial charge in [-0.05, 0) is 55.0 Å². The lowest BCUT2D eigenvalue weighted by molar-refractivity contribution is 0.00290. The van der Waals surface area contributed by atoms with E-state index < -0.39 is 29.9 Å². The van der Waals surface area contributed by atoms with Gasteiger partial charge in [0.05, 0.1) is 18.1 Å². The SMILES string of the molecule is CN(C[C@@H]1NC(=N)N2CC(NC(=O)c3cccc4c3CCCC4)[C@@H](O)C23NC(=N)N[C@@H]13)C(=O)c1ccccn1. The van der Waals surface area contributed by atoms with E-state index in [2.05, 4.69) is 32.3 Å². The van der Waals surface area contributed by atoms with E-state index in [1.807, 2.05) is 12.1 Å². The summed E-state index contributed by atoms with van der Waals surface area (Å²) in [6, 6.07) is 9.16. The number of benzene rings is 1. The summed E-state index contributed by atoms with van der Waals surface area (Å²) in [6.07, 6.45) is 4.39. The van der Waals surface area contributed by atoms with Gasteiger partial charge in [0.25, 0.3) is 11.8 Å². The summed E-state index contributed by atoms with van der Waals surface area (Å²) in [6.45, 7) is 0.377. The predicted molar refractivity (Wildman–Crippen MR) is 143 cm³/mol. The van der Waals surface area contributed by atoms with Crippen molar-refractivity contribution in [1.29, 1.82) is 10.8 Å². The molecule has 204 valence electrons. The molecule has 3 aliphatic heterocycles. The predicted octanol–water partition coefficient (Wildman–Crippen LogP) is -0.393. The quantitative estimate of drug-likeness (QED) is 0.274. The van der Waals surface area contributed by atoms with Crippen LogP contribution in [0.25, 0.3) is 0 Å². The van der Waals surface area contributed by atoms with Gasteiger partial charge < -0.3 is 36.2 Å². The molecule has 0 bridgehead atoms. The van der Waals surface area contributed by atoms with Crippen LogP contribution in [-0.4, -0.2) is 93.7 Å². The number of carbonyl (C=O) groups excluding carboxylic acids is 2. The highest BCUT2D eigenvalue weighted by Crippen LogP contribution is 2.38. The normalized spacial score (nSPS) is 28.8. The van der Waals surface area contributed by atoms with Crippen molar-refractivity contribution in [2.24, 2.45) is 0 Å². The van der Waals surface area contributed by atoms with Crippen LogP contribution in [0.1, 0.15) is 44.8 Å². The molecule has 2 amide bonds. The van der Waals surface area contributed by atoms with Crippen LogP contribution in [0.4, 0.5) is 0 Å². The van der Waals surface area contributed by atoms with Gasteiger partial charge >= 0.3 is 0 Å². The summed E-state index contributed by atoms with van der Waals surface area (Å²) in [5.41, 5.74) is 1.96. The number of aromatic nitrogens is 1. The summed E-state index contributed by atoms with van der Waals surface area (Å²) in [5, 5.41) is 41.1. The Balaban J connectivity index is 1.24. The van der Waals surface area contributed by atoms with E-state index in [1.54, 1.807) is 36.3 Å². The Morgan fingerprint density at radius 3 is 2.79 bits per heavy atom. The van der Waals surface area contributed by atoms with Crippen LogP contribution < -0.4 is 21.3 Å². The van der Waals surface area contributed by atoms with Gasteiger partial charge in [-0.2, -0.15) is 0 Å². The van der Waals surface area contributed by atoms with Crippen LogP contribution in [0.5, 0.6) is 0 Å². The molecule has 3 fully saturated rings. The van der Waals surface area contributed by atoms with Crippen LogP contribution >= 0.6 is 0 Å². The second kappa shape index (κ2) is 9.53. The molecule has 4 heterocycles. The Hall–Kier alpha value is -4.19. The van der Waals surface area contributed by atoms with Crippen LogP contribution in [0, 0.1) is 10.8 Å². The highest BCUT2D eigenvalue weighted by Gasteiger charge is 2.66. The number of likely N-dealkylation sites (N-methyl/N-ethyl adjacent to an activating group) is 1. The lowest BCUT2D eigenvalue weighted by Gasteiger charge is -2.49. The second-order valence-corrected chi connectivity index (χ2v) is 10.7. The summed E-state index contributed by atoms with van der Waals surface area (Å²) in [5.74, 6) is -0.465.